The number of hydrogen-bond acceptors (Lipinski definition) is 6. The van der Waals surface area contributed by atoms with Crippen LogP contribution in [0.2, 0.25) is 0 Å². The first-order valence-electron chi connectivity index (χ1n) is 14.7. The molecule has 1 aliphatic carbocycles. The van der Waals surface area contributed by atoms with E-state index in [9.17, 15) is 19.5 Å². The van der Waals surface area contributed by atoms with Crippen molar-refractivity contribution in [2.75, 3.05) is 37.7 Å². The van der Waals surface area contributed by atoms with E-state index >= 15 is 4.39 Å². The van der Waals surface area contributed by atoms with Crippen molar-refractivity contribution in [1.29, 1.82) is 0 Å². The van der Waals surface area contributed by atoms with E-state index in [0.717, 1.165) is 24.0 Å². The molecule has 10 heteroatoms. The highest BCUT2D eigenvalue weighted by Gasteiger charge is 2.34. The summed E-state index contributed by atoms with van der Waals surface area (Å²) in [6.45, 7) is 2.51. The second-order valence-electron chi connectivity index (χ2n) is 11.4. The lowest BCUT2D eigenvalue weighted by molar-refractivity contribution is -0.124. The van der Waals surface area contributed by atoms with Crippen molar-refractivity contribution in [2.45, 2.75) is 18.9 Å². The number of fused-ring (bicyclic) bond motifs is 1. The highest BCUT2D eigenvalue weighted by molar-refractivity contribution is 6.19. The summed E-state index contributed by atoms with van der Waals surface area (Å²) >= 11 is 0. The second kappa shape index (κ2) is 11.2. The third kappa shape index (κ3) is 5.17. The predicted octanol–water partition coefficient (Wildman–Crippen LogP) is 4.58. The van der Waals surface area contributed by atoms with Crippen molar-refractivity contribution in [2.24, 2.45) is 4.99 Å². The standard InChI is InChI=1S/C34H30FN5O4/c35-27-18-25-29(39(24-11-12-24)20-26(31(25)41)34(43)44)19-30(27)38-15-13-37(14-16-38)21-40-32(23-9-5-2-6-10-23)36-28(33(40)42)17-22-7-3-1-4-8-22/h1-10,17-20,24H,11-16,21H2,(H,43,44). The third-order valence-electron chi connectivity index (χ3n) is 8.41. The molecule has 1 N–H and O–H groups in total. The van der Waals surface area contributed by atoms with Gasteiger partial charge in [0.25, 0.3) is 5.91 Å². The van der Waals surface area contributed by atoms with Crippen LogP contribution in [0.4, 0.5) is 10.1 Å². The molecule has 0 atom stereocenters. The van der Waals surface area contributed by atoms with Gasteiger partial charge in [-0.3, -0.25) is 19.4 Å². The smallest absolute Gasteiger partial charge is 0.341 e. The maximum absolute atomic E-state index is 15.5. The lowest BCUT2D eigenvalue weighted by atomic mass is 10.1. The van der Waals surface area contributed by atoms with Crippen LogP contribution < -0.4 is 10.3 Å². The zero-order valence-corrected chi connectivity index (χ0v) is 23.9. The number of carbonyl (C=O) groups excluding carboxylic acids is 1. The quantitative estimate of drug-likeness (QED) is 0.316. The first-order valence-corrected chi connectivity index (χ1v) is 14.7. The summed E-state index contributed by atoms with van der Waals surface area (Å²) in [6, 6.07) is 22.2. The average molecular weight is 592 g/mol. The van der Waals surface area contributed by atoms with Gasteiger partial charge < -0.3 is 14.6 Å². The second-order valence-corrected chi connectivity index (χ2v) is 11.4. The molecule has 1 aromatic heterocycles. The molecule has 2 aliphatic heterocycles. The van der Waals surface area contributed by atoms with Gasteiger partial charge in [0.15, 0.2) is 0 Å². The Balaban J connectivity index is 1.12. The van der Waals surface area contributed by atoms with Crippen LogP contribution in [0.5, 0.6) is 0 Å². The minimum absolute atomic E-state index is 0.0799. The van der Waals surface area contributed by atoms with E-state index in [4.69, 9.17) is 4.99 Å². The van der Waals surface area contributed by atoms with Crippen LogP contribution in [-0.2, 0) is 4.79 Å². The van der Waals surface area contributed by atoms with Crippen LogP contribution in [0.3, 0.4) is 0 Å². The van der Waals surface area contributed by atoms with Gasteiger partial charge in [-0.2, -0.15) is 0 Å². The Morgan fingerprint density at radius 3 is 2.30 bits per heavy atom. The van der Waals surface area contributed by atoms with Crippen molar-refractivity contribution < 1.29 is 19.1 Å². The number of amides is 1. The molecule has 2 fully saturated rings. The molecule has 222 valence electrons. The molecule has 3 aromatic carbocycles. The normalized spacial score (nSPS) is 18.3. The highest BCUT2D eigenvalue weighted by Crippen LogP contribution is 2.38. The molecular weight excluding hydrogens is 561 g/mol. The molecule has 9 nitrogen and oxygen atoms in total. The van der Waals surface area contributed by atoms with Crippen LogP contribution >= 0.6 is 0 Å². The lowest BCUT2D eigenvalue weighted by Crippen LogP contribution is -2.51. The third-order valence-corrected chi connectivity index (χ3v) is 8.41. The number of aromatic carboxylic acids is 1. The molecule has 4 aromatic rings. The Morgan fingerprint density at radius 1 is 0.955 bits per heavy atom. The number of rotatable bonds is 7. The largest absolute Gasteiger partial charge is 0.477 e. The van der Waals surface area contributed by atoms with Crippen LogP contribution in [0, 0.1) is 5.82 Å². The molecule has 1 saturated heterocycles. The molecule has 1 amide bonds. The Morgan fingerprint density at radius 2 is 1.64 bits per heavy atom. The number of aliphatic imine (C=N–C) groups is 1. The van der Waals surface area contributed by atoms with Crippen LogP contribution in [0.1, 0.15) is 40.4 Å². The maximum Gasteiger partial charge on any atom is 0.341 e. The highest BCUT2D eigenvalue weighted by atomic mass is 19.1. The number of anilines is 1. The first-order chi connectivity index (χ1) is 21.4. The fraction of sp³-hybridized carbons (Fsp3) is 0.235. The molecule has 44 heavy (non-hydrogen) atoms. The number of carboxylic acid groups (broad SMARTS) is 1. The SMILES string of the molecule is O=C(O)c1cn(C2CC2)c2cc(N3CCN(CN4C(=O)C(=Cc5ccccc5)N=C4c4ccccc4)CC3)c(F)cc2c1=O. The van der Waals surface area contributed by atoms with E-state index < -0.39 is 17.2 Å². The number of pyridine rings is 1. The number of benzene rings is 3. The number of hydrogen-bond donors (Lipinski definition) is 1. The van der Waals surface area contributed by atoms with Crippen molar-refractivity contribution in [1.82, 2.24) is 14.4 Å². The van der Waals surface area contributed by atoms with Crippen molar-refractivity contribution in [3.05, 3.63) is 117 Å². The van der Waals surface area contributed by atoms with Crippen molar-refractivity contribution in [3.63, 3.8) is 0 Å². The van der Waals surface area contributed by atoms with Gasteiger partial charge in [0.05, 0.1) is 17.9 Å². The van der Waals surface area contributed by atoms with Gasteiger partial charge in [-0.05, 0) is 36.6 Å². The van der Waals surface area contributed by atoms with Gasteiger partial charge >= 0.3 is 5.97 Å². The number of halogens is 1. The first kappa shape index (κ1) is 27.7. The molecule has 0 bridgehead atoms. The molecule has 3 heterocycles. The number of nitrogens with zero attached hydrogens (tertiary/aromatic N) is 5. The summed E-state index contributed by atoms with van der Waals surface area (Å²) in [5.41, 5.74) is 2.03. The monoisotopic (exact) mass is 591 g/mol. The number of piperazine rings is 1. The van der Waals surface area contributed by atoms with Gasteiger partial charge in [0.2, 0.25) is 5.43 Å². The minimum Gasteiger partial charge on any atom is -0.477 e. The van der Waals surface area contributed by atoms with Crippen molar-refractivity contribution in [3.8, 4) is 0 Å². The summed E-state index contributed by atoms with van der Waals surface area (Å²) in [6.07, 6.45) is 4.96. The summed E-state index contributed by atoms with van der Waals surface area (Å²) in [5, 5.41) is 9.61. The lowest BCUT2D eigenvalue weighted by Gasteiger charge is -2.38. The Hall–Kier alpha value is -5.09. The zero-order valence-electron chi connectivity index (χ0n) is 23.9. The fourth-order valence-corrected chi connectivity index (χ4v) is 5.94. The molecule has 1 saturated carbocycles. The number of aromatic nitrogens is 1. The van der Waals surface area contributed by atoms with Gasteiger partial charge in [0.1, 0.15) is 22.9 Å². The Bertz CT molecular complexity index is 1890. The molecular formula is C34H30FN5O4. The fourth-order valence-electron chi connectivity index (χ4n) is 5.94. The van der Waals surface area contributed by atoms with E-state index in [1.165, 1.54) is 12.3 Å². The number of amidine groups is 1. The van der Waals surface area contributed by atoms with E-state index in [2.05, 4.69) is 4.90 Å². The van der Waals surface area contributed by atoms with E-state index in [-0.39, 0.29) is 22.9 Å². The summed E-state index contributed by atoms with van der Waals surface area (Å²) < 4.78 is 17.3. The van der Waals surface area contributed by atoms with E-state index in [0.29, 0.717) is 55.6 Å². The van der Waals surface area contributed by atoms with E-state index in [1.807, 2.05) is 70.1 Å². The van der Waals surface area contributed by atoms with Crippen LogP contribution in [-0.4, -0.2) is 70.0 Å². The zero-order chi connectivity index (χ0) is 30.4. The van der Waals surface area contributed by atoms with Gasteiger partial charge in [-0.15, -0.1) is 0 Å². The van der Waals surface area contributed by atoms with Gasteiger partial charge in [-0.25, -0.2) is 14.2 Å². The number of carbonyl (C=O) groups is 2. The van der Waals surface area contributed by atoms with Crippen LogP contribution in [0.25, 0.3) is 17.0 Å². The molecule has 0 spiro atoms. The average Bonchev–Trinajstić information content (AvgIpc) is 3.84. The Kier molecular flexibility index (Phi) is 7.06. The summed E-state index contributed by atoms with van der Waals surface area (Å²) in [5.74, 6) is -1.45. The molecule has 0 radical (unpaired) electrons. The van der Waals surface area contributed by atoms with E-state index in [1.54, 1.807) is 17.0 Å². The van der Waals surface area contributed by atoms with Crippen LogP contribution in [0.15, 0.2) is 94.5 Å². The van der Waals surface area contributed by atoms with Gasteiger partial charge in [0, 0.05) is 49.4 Å². The molecule has 0 unspecified atom stereocenters. The Labute approximate surface area is 252 Å². The molecule has 3 aliphatic rings. The topological polar surface area (TPSA) is 98.5 Å². The summed E-state index contributed by atoms with van der Waals surface area (Å²) in [4.78, 5) is 48.7. The van der Waals surface area contributed by atoms with Gasteiger partial charge in [-0.1, -0.05) is 60.7 Å². The number of carboxylic acids is 1. The predicted molar refractivity (Wildman–Crippen MR) is 166 cm³/mol. The van der Waals surface area contributed by atoms with Crippen molar-refractivity contribution >= 4 is 40.4 Å². The minimum atomic E-state index is -1.31. The molecule has 7 rings (SSSR count). The maximum atomic E-state index is 15.5. The summed E-state index contributed by atoms with van der Waals surface area (Å²) in [7, 11) is 0.